The summed E-state index contributed by atoms with van der Waals surface area (Å²) in [7, 11) is -1.32. The number of benzene rings is 2. The lowest BCUT2D eigenvalue weighted by molar-refractivity contribution is -0.152. The molecule has 6 rings (SSSR count). The summed E-state index contributed by atoms with van der Waals surface area (Å²) in [5.41, 5.74) is 0.461. The fraction of sp³-hybridized carbons (Fsp3) is 0.434. The van der Waals surface area contributed by atoms with Gasteiger partial charge in [-0.05, 0) is 63.0 Å². The minimum atomic E-state index is -4.56. The molecule has 1 N–H and O–H groups in total. The van der Waals surface area contributed by atoms with Crippen LogP contribution in [0.1, 0.15) is 39.1 Å². The highest BCUT2D eigenvalue weighted by Gasteiger charge is 2.36. The number of carbonyl (C=O) groups excluding carboxylic acids is 1. The van der Waals surface area contributed by atoms with Gasteiger partial charge in [0.05, 0.1) is 17.9 Å². The number of halogens is 6. The number of hydrogen-bond acceptors (Lipinski definition) is 11. The largest absolute Gasteiger partial charge is 0.481 e. The summed E-state index contributed by atoms with van der Waals surface area (Å²) in [6.45, 7) is 20.8. The van der Waals surface area contributed by atoms with Gasteiger partial charge in [-0.15, -0.1) is 0 Å². The number of hydrogen-bond donors (Lipinski definition) is 1. The number of esters is 1. The van der Waals surface area contributed by atoms with Crippen LogP contribution in [-0.2, 0) is 49.6 Å². The number of alkyl halides is 6. The number of carboxylic acids is 1. The lowest BCUT2D eigenvalue weighted by Gasteiger charge is -2.21. The van der Waals surface area contributed by atoms with Crippen LogP contribution in [0.5, 0.6) is 11.8 Å². The number of rotatable bonds is 22. The molecule has 75 heavy (non-hydrogen) atoms. The molecule has 0 amide bonds. The molecule has 0 spiro atoms. The number of ether oxygens (including phenoxy) is 5. The average molecular weight is 1090 g/mol. The van der Waals surface area contributed by atoms with Crippen molar-refractivity contribution in [2.45, 2.75) is 105 Å². The summed E-state index contributed by atoms with van der Waals surface area (Å²) < 4.78 is 110. The van der Waals surface area contributed by atoms with Crippen LogP contribution < -0.4 is 9.47 Å². The number of carbonyl (C=O) groups is 2. The summed E-state index contributed by atoms with van der Waals surface area (Å²) in [6, 6.07) is 22.8. The Morgan fingerprint density at radius 2 is 0.893 bits per heavy atom. The average Bonchev–Trinajstić information content (AvgIpc) is 3.99. The fourth-order valence-corrected chi connectivity index (χ4v) is 8.16. The molecule has 22 heteroatoms. The number of carboxylic acid groups (broad SMARTS) is 1. The number of nitrogens with zero attached hydrogens (tertiary/aromatic N) is 6. The monoisotopic (exact) mass is 1080 g/mol. The summed E-state index contributed by atoms with van der Waals surface area (Å²) >= 11 is 0. The van der Waals surface area contributed by atoms with Crippen molar-refractivity contribution in [3.05, 3.63) is 109 Å². The SMILES string of the molecule is CC(C)(COc1ccc(-c2ccc(-c3nc(C(F)(F)F)cn3COCC[Si](C)(C)C)cc2)cn1)C(=O)O.COC(=O)C(C)(C)COc1ccc(-c2ccc(-c3nc(C(F)(F)F)cn3COCC[Si](C)(C)C)cc2)cn1. The van der Waals surface area contributed by atoms with Crippen LogP contribution in [0.25, 0.3) is 45.0 Å². The van der Waals surface area contributed by atoms with Crippen LogP contribution in [0.2, 0.25) is 51.4 Å². The van der Waals surface area contributed by atoms with Gasteiger partial charge in [-0.1, -0.05) is 87.8 Å². The molecule has 406 valence electrons. The standard InChI is InChI=1S/C27H34F3N3O4Si.C26H32F3N3O4Si/c1-26(2,25(34)35-3)17-37-23-12-11-21(15-31-23)19-7-9-20(10-8-19)24-32-22(27(28,29)30)16-33(24)18-36-13-14-38(4,5)6;1-25(2,24(33)34)16-36-22-11-10-20(14-30-22)18-6-8-19(9-7-18)23-31-21(26(27,28)29)15-32(23)17-35-12-13-37(3,4)5/h7-12,15-16H,13-14,17-18H2,1-6H3;6-11,14-15H,12-13,16-17H2,1-5H3,(H,33,34). The van der Waals surface area contributed by atoms with E-state index in [0.29, 0.717) is 36.1 Å². The summed E-state index contributed by atoms with van der Waals surface area (Å²) in [6.07, 6.45) is -3.93. The minimum absolute atomic E-state index is 0.0111. The van der Waals surface area contributed by atoms with E-state index in [1.54, 1.807) is 107 Å². The second kappa shape index (κ2) is 24.5. The Bertz CT molecular complexity index is 2800. The normalized spacial score (nSPS) is 12.5. The van der Waals surface area contributed by atoms with Gasteiger partial charge in [0.2, 0.25) is 11.8 Å². The Morgan fingerprint density at radius 3 is 1.20 bits per heavy atom. The molecule has 0 aliphatic rings. The third-order valence-electron chi connectivity index (χ3n) is 11.5. The topological polar surface area (TPSA) is 162 Å². The summed E-state index contributed by atoms with van der Waals surface area (Å²) in [5.74, 6) is -0.328. The Morgan fingerprint density at radius 1 is 0.547 bits per heavy atom. The molecular weight excluding hydrogens is 1020 g/mol. The van der Waals surface area contributed by atoms with Crippen molar-refractivity contribution in [2.75, 3.05) is 33.5 Å². The van der Waals surface area contributed by atoms with Crippen molar-refractivity contribution in [3.8, 4) is 56.8 Å². The van der Waals surface area contributed by atoms with Crippen molar-refractivity contribution in [1.82, 2.24) is 29.1 Å². The maximum absolute atomic E-state index is 13.4. The fourth-order valence-electron chi connectivity index (χ4n) is 6.65. The highest BCUT2D eigenvalue weighted by Crippen LogP contribution is 2.34. The second-order valence-electron chi connectivity index (χ2n) is 21.6. The molecule has 4 aromatic heterocycles. The first kappa shape index (κ1) is 59.5. The van der Waals surface area contributed by atoms with Gasteiger partial charge in [0, 0.05) is 88.5 Å². The van der Waals surface area contributed by atoms with E-state index in [0.717, 1.165) is 46.7 Å². The summed E-state index contributed by atoms with van der Waals surface area (Å²) in [5, 5.41) is 9.19. The van der Waals surface area contributed by atoms with Crippen LogP contribution in [0.15, 0.2) is 97.6 Å². The molecule has 0 aliphatic carbocycles. The third kappa shape index (κ3) is 17.9. The van der Waals surface area contributed by atoms with Crippen molar-refractivity contribution in [3.63, 3.8) is 0 Å². The number of aromatic nitrogens is 6. The van der Waals surface area contributed by atoms with E-state index in [2.05, 4.69) is 59.2 Å². The highest BCUT2D eigenvalue weighted by molar-refractivity contribution is 6.76. The molecule has 6 aromatic rings. The molecule has 0 saturated heterocycles. The van der Waals surface area contributed by atoms with Crippen LogP contribution >= 0.6 is 0 Å². The Hall–Kier alpha value is -6.37. The third-order valence-corrected chi connectivity index (χ3v) is 14.9. The van der Waals surface area contributed by atoms with E-state index < -0.39 is 56.7 Å². The van der Waals surface area contributed by atoms with E-state index in [1.165, 1.54) is 16.2 Å². The van der Waals surface area contributed by atoms with Crippen molar-refractivity contribution in [1.29, 1.82) is 0 Å². The maximum Gasteiger partial charge on any atom is 0.434 e. The Kier molecular flexibility index (Phi) is 19.5. The van der Waals surface area contributed by atoms with Crippen LogP contribution in [0.4, 0.5) is 26.3 Å². The Balaban J connectivity index is 0.000000277. The van der Waals surface area contributed by atoms with Gasteiger partial charge in [0.25, 0.3) is 0 Å². The molecule has 0 fully saturated rings. The first-order chi connectivity index (χ1) is 34.8. The molecule has 0 saturated carbocycles. The summed E-state index contributed by atoms with van der Waals surface area (Å²) in [4.78, 5) is 39.3. The predicted octanol–water partition coefficient (Wildman–Crippen LogP) is 13.0. The zero-order chi connectivity index (χ0) is 55.6. The van der Waals surface area contributed by atoms with Gasteiger partial charge in [-0.2, -0.15) is 26.3 Å². The lowest BCUT2D eigenvalue weighted by atomic mass is 9.95. The molecule has 0 bridgehead atoms. The molecule has 14 nitrogen and oxygen atoms in total. The molecule has 0 aliphatic heterocycles. The number of aliphatic carboxylic acids is 1. The van der Waals surface area contributed by atoms with E-state index in [1.807, 2.05) is 6.07 Å². The molecular formula is C53H66F6N6O8Si2. The first-order valence-electron chi connectivity index (χ1n) is 24.0. The van der Waals surface area contributed by atoms with Crippen molar-refractivity contribution >= 4 is 28.1 Å². The minimum Gasteiger partial charge on any atom is -0.481 e. The second-order valence-corrected chi connectivity index (χ2v) is 32.8. The van der Waals surface area contributed by atoms with Gasteiger partial charge in [-0.3, -0.25) is 9.59 Å². The van der Waals surface area contributed by atoms with E-state index in [9.17, 15) is 41.0 Å². The molecule has 0 radical (unpaired) electrons. The molecule has 2 aromatic carbocycles. The predicted molar refractivity (Wildman–Crippen MR) is 278 cm³/mol. The van der Waals surface area contributed by atoms with Gasteiger partial charge >= 0.3 is 24.3 Å². The maximum atomic E-state index is 13.4. The van der Waals surface area contributed by atoms with Gasteiger partial charge in [0.1, 0.15) is 38.3 Å². The van der Waals surface area contributed by atoms with Gasteiger partial charge < -0.3 is 37.9 Å². The number of imidazole rings is 2. The van der Waals surface area contributed by atoms with Gasteiger partial charge in [0.15, 0.2) is 11.4 Å². The smallest absolute Gasteiger partial charge is 0.434 e. The number of pyridine rings is 2. The van der Waals surface area contributed by atoms with E-state index in [-0.39, 0.29) is 44.3 Å². The molecule has 0 atom stereocenters. The van der Waals surface area contributed by atoms with E-state index >= 15 is 0 Å². The quantitative estimate of drug-likeness (QED) is 0.0297. The van der Waals surface area contributed by atoms with Gasteiger partial charge in [-0.25, -0.2) is 19.9 Å². The zero-order valence-corrected chi connectivity index (χ0v) is 46.2. The molecule has 4 heterocycles. The van der Waals surface area contributed by atoms with Crippen LogP contribution in [0.3, 0.4) is 0 Å². The van der Waals surface area contributed by atoms with E-state index in [4.69, 9.17) is 23.7 Å². The zero-order valence-electron chi connectivity index (χ0n) is 44.2. The number of methoxy groups -OCH3 is 1. The first-order valence-corrected chi connectivity index (χ1v) is 31.4. The highest BCUT2D eigenvalue weighted by atomic mass is 28.3. The van der Waals surface area contributed by atoms with Crippen LogP contribution in [0, 0.1) is 10.8 Å². The molecule has 0 unspecified atom stereocenters. The van der Waals surface area contributed by atoms with Crippen molar-refractivity contribution < 1.29 is 64.7 Å². The Labute approximate surface area is 435 Å². The van der Waals surface area contributed by atoms with Crippen molar-refractivity contribution in [2.24, 2.45) is 10.8 Å². The lowest BCUT2D eigenvalue weighted by Crippen LogP contribution is -2.32. The van der Waals surface area contributed by atoms with Crippen LogP contribution in [-0.4, -0.2) is 95.8 Å².